The van der Waals surface area contributed by atoms with Gasteiger partial charge in [0, 0.05) is 22.2 Å². The van der Waals surface area contributed by atoms with E-state index >= 15 is 0 Å². The molecule has 6 nitrogen and oxygen atoms in total. The highest BCUT2D eigenvalue weighted by Gasteiger charge is 2.22. The summed E-state index contributed by atoms with van der Waals surface area (Å²) in [5.74, 6) is -1.25. The van der Waals surface area contributed by atoms with E-state index in [0.29, 0.717) is 12.1 Å². The zero-order valence-electron chi connectivity index (χ0n) is 17.9. The van der Waals surface area contributed by atoms with Crippen molar-refractivity contribution in [1.82, 2.24) is 0 Å². The number of carboxylic acids is 1. The molecule has 32 heavy (non-hydrogen) atoms. The molecule has 0 saturated heterocycles. The second-order valence-corrected chi connectivity index (χ2v) is 9.54. The number of thioether (sulfide) groups is 1. The molecular formula is C24H27ClN2O4S. The first-order valence-corrected chi connectivity index (χ1v) is 12.0. The van der Waals surface area contributed by atoms with Gasteiger partial charge in [0.05, 0.1) is 15.8 Å². The first-order chi connectivity index (χ1) is 15.4. The minimum absolute atomic E-state index is 0.0634. The Morgan fingerprint density at radius 2 is 1.78 bits per heavy atom. The van der Waals surface area contributed by atoms with Crippen LogP contribution in [0.2, 0.25) is 5.02 Å². The Kier molecular flexibility index (Phi) is 8.59. The van der Waals surface area contributed by atoms with Gasteiger partial charge in [-0.25, -0.2) is 4.79 Å². The van der Waals surface area contributed by atoms with Crippen LogP contribution < -0.4 is 10.6 Å². The molecule has 0 aromatic heterocycles. The maximum atomic E-state index is 12.8. The Bertz CT molecular complexity index is 992. The van der Waals surface area contributed by atoms with Crippen LogP contribution in [-0.4, -0.2) is 28.1 Å². The number of carbonyl (C=O) groups excluding carboxylic acids is 2. The van der Waals surface area contributed by atoms with Gasteiger partial charge in [-0.15, -0.1) is 11.8 Å². The molecule has 1 unspecified atom stereocenters. The molecule has 170 valence electrons. The second kappa shape index (κ2) is 11.4. The number of carboxylic acid groups (broad SMARTS) is 1. The lowest BCUT2D eigenvalue weighted by atomic mass is 9.88. The summed E-state index contributed by atoms with van der Waals surface area (Å²) in [6, 6.07) is 11.9. The summed E-state index contributed by atoms with van der Waals surface area (Å²) in [6.07, 6.45) is 5.85. The van der Waals surface area contributed by atoms with Gasteiger partial charge in [-0.2, -0.15) is 0 Å². The molecule has 0 spiro atoms. The molecule has 3 rings (SSSR count). The number of anilines is 2. The van der Waals surface area contributed by atoms with Crippen molar-refractivity contribution < 1.29 is 19.5 Å². The van der Waals surface area contributed by atoms with Crippen LogP contribution in [-0.2, 0) is 9.59 Å². The van der Waals surface area contributed by atoms with Crippen molar-refractivity contribution in [2.45, 2.75) is 55.6 Å². The van der Waals surface area contributed by atoms with Gasteiger partial charge in [0.25, 0.3) is 0 Å². The maximum Gasteiger partial charge on any atom is 0.337 e. The number of aromatic carboxylic acids is 1. The van der Waals surface area contributed by atoms with Gasteiger partial charge in [0.1, 0.15) is 0 Å². The number of hydrogen-bond donors (Lipinski definition) is 3. The SMILES string of the molecule is CCC(Sc1cccc(NC(=O)C2CCCCC2)c1)C(=O)Nc1ccc(Cl)c(C(=O)O)c1. The van der Waals surface area contributed by atoms with Gasteiger partial charge < -0.3 is 15.7 Å². The first kappa shape index (κ1) is 24.1. The molecule has 3 N–H and O–H groups in total. The molecule has 1 aliphatic carbocycles. The van der Waals surface area contributed by atoms with Crippen molar-refractivity contribution in [2.24, 2.45) is 5.92 Å². The molecule has 2 aromatic carbocycles. The Labute approximate surface area is 197 Å². The van der Waals surface area contributed by atoms with Gasteiger partial charge in [-0.05, 0) is 55.7 Å². The fourth-order valence-electron chi connectivity index (χ4n) is 3.73. The van der Waals surface area contributed by atoms with Crippen LogP contribution in [0.25, 0.3) is 0 Å². The average molecular weight is 475 g/mol. The standard InChI is InChI=1S/C24H27ClN2O4S/c1-2-21(23(29)27-17-11-12-20(25)19(14-17)24(30)31)32-18-10-6-9-16(13-18)26-22(28)15-7-4-3-5-8-15/h6,9-15,21H,2-5,7-8H2,1H3,(H,26,28)(H,27,29)(H,30,31). The molecule has 1 saturated carbocycles. The monoisotopic (exact) mass is 474 g/mol. The predicted molar refractivity (Wildman–Crippen MR) is 129 cm³/mol. The van der Waals surface area contributed by atoms with Crippen molar-refractivity contribution in [3.05, 3.63) is 53.1 Å². The minimum atomic E-state index is -1.15. The Morgan fingerprint density at radius 3 is 2.47 bits per heavy atom. The van der Waals surface area contributed by atoms with Crippen LogP contribution in [0.5, 0.6) is 0 Å². The quantitative estimate of drug-likeness (QED) is 0.404. The second-order valence-electron chi connectivity index (χ2n) is 7.86. The lowest BCUT2D eigenvalue weighted by Crippen LogP contribution is -2.25. The van der Waals surface area contributed by atoms with E-state index in [9.17, 15) is 19.5 Å². The summed E-state index contributed by atoms with van der Waals surface area (Å²) in [5.41, 5.74) is 1.04. The lowest BCUT2D eigenvalue weighted by molar-refractivity contribution is -0.120. The molecule has 8 heteroatoms. The van der Waals surface area contributed by atoms with Gasteiger partial charge in [-0.1, -0.05) is 43.9 Å². The highest BCUT2D eigenvalue weighted by Crippen LogP contribution is 2.30. The topological polar surface area (TPSA) is 95.5 Å². The molecule has 1 aliphatic rings. The molecule has 0 aliphatic heterocycles. The van der Waals surface area contributed by atoms with Crippen molar-refractivity contribution in [3.63, 3.8) is 0 Å². The van der Waals surface area contributed by atoms with Crippen LogP contribution in [0.15, 0.2) is 47.4 Å². The Morgan fingerprint density at radius 1 is 1.06 bits per heavy atom. The molecule has 0 radical (unpaired) electrons. The maximum absolute atomic E-state index is 12.8. The number of rotatable bonds is 8. The lowest BCUT2D eigenvalue weighted by Gasteiger charge is -2.21. The number of carbonyl (C=O) groups is 3. The highest BCUT2D eigenvalue weighted by molar-refractivity contribution is 8.00. The van der Waals surface area contributed by atoms with Gasteiger partial charge in [0.2, 0.25) is 11.8 Å². The Hall–Kier alpha value is -2.51. The number of benzene rings is 2. The first-order valence-electron chi connectivity index (χ1n) is 10.8. The van der Waals surface area contributed by atoms with E-state index in [1.54, 1.807) is 6.07 Å². The summed E-state index contributed by atoms with van der Waals surface area (Å²) in [7, 11) is 0. The van der Waals surface area contributed by atoms with Gasteiger partial charge in [-0.3, -0.25) is 9.59 Å². The zero-order valence-corrected chi connectivity index (χ0v) is 19.5. The van der Waals surface area contributed by atoms with Crippen LogP contribution in [0.1, 0.15) is 55.8 Å². The summed E-state index contributed by atoms with van der Waals surface area (Å²) in [4.78, 5) is 37.5. The molecule has 0 bridgehead atoms. The van der Waals surface area contributed by atoms with Crippen molar-refractivity contribution in [2.75, 3.05) is 10.6 Å². The Balaban J connectivity index is 1.64. The summed E-state index contributed by atoms with van der Waals surface area (Å²) in [5, 5.41) is 14.7. The average Bonchev–Trinajstić information content (AvgIpc) is 2.79. The van der Waals surface area contributed by atoms with Crippen molar-refractivity contribution in [3.8, 4) is 0 Å². The fourth-order valence-corrected chi connectivity index (χ4v) is 4.94. The van der Waals surface area contributed by atoms with E-state index in [4.69, 9.17) is 11.6 Å². The van der Waals surface area contributed by atoms with E-state index in [2.05, 4.69) is 10.6 Å². The van der Waals surface area contributed by atoms with E-state index in [1.807, 2.05) is 31.2 Å². The fraction of sp³-hybridized carbons (Fsp3) is 0.375. The number of nitrogens with one attached hydrogen (secondary N) is 2. The summed E-state index contributed by atoms with van der Waals surface area (Å²) < 4.78 is 0. The molecule has 2 aromatic rings. The number of amides is 2. The normalized spacial score (nSPS) is 15.1. The summed E-state index contributed by atoms with van der Waals surface area (Å²) >= 11 is 7.30. The highest BCUT2D eigenvalue weighted by atomic mass is 35.5. The van der Waals surface area contributed by atoms with E-state index in [1.165, 1.54) is 30.3 Å². The third kappa shape index (κ3) is 6.50. The van der Waals surface area contributed by atoms with E-state index in [0.717, 1.165) is 36.3 Å². The predicted octanol–water partition coefficient (Wildman–Crippen LogP) is 6.07. The third-order valence-corrected chi connectivity index (χ3v) is 7.17. The van der Waals surface area contributed by atoms with Gasteiger partial charge >= 0.3 is 5.97 Å². The third-order valence-electron chi connectivity index (χ3n) is 5.48. The number of halogens is 1. The van der Waals surface area contributed by atoms with E-state index in [-0.39, 0.29) is 33.6 Å². The largest absolute Gasteiger partial charge is 0.478 e. The molecule has 0 heterocycles. The molecular weight excluding hydrogens is 448 g/mol. The van der Waals surface area contributed by atoms with Crippen LogP contribution in [0.4, 0.5) is 11.4 Å². The van der Waals surface area contributed by atoms with E-state index < -0.39 is 5.97 Å². The van der Waals surface area contributed by atoms with Crippen LogP contribution in [0, 0.1) is 5.92 Å². The number of hydrogen-bond acceptors (Lipinski definition) is 4. The van der Waals surface area contributed by atoms with Crippen molar-refractivity contribution in [1.29, 1.82) is 0 Å². The smallest absolute Gasteiger partial charge is 0.337 e. The van der Waals surface area contributed by atoms with Crippen LogP contribution >= 0.6 is 23.4 Å². The van der Waals surface area contributed by atoms with Crippen LogP contribution in [0.3, 0.4) is 0 Å². The molecule has 1 fully saturated rings. The van der Waals surface area contributed by atoms with Crippen molar-refractivity contribution >= 4 is 52.5 Å². The minimum Gasteiger partial charge on any atom is -0.478 e. The summed E-state index contributed by atoms with van der Waals surface area (Å²) in [6.45, 7) is 1.91. The molecule has 1 atom stereocenters. The van der Waals surface area contributed by atoms with Gasteiger partial charge in [0.15, 0.2) is 0 Å². The molecule has 2 amide bonds. The zero-order chi connectivity index (χ0) is 23.1.